The number of carbonyl (C=O) groups is 1. The third-order valence-corrected chi connectivity index (χ3v) is 4.99. The predicted octanol–water partition coefficient (Wildman–Crippen LogP) is 4.65. The van der Waals surface area contributed by atoms with Crippen molar-refractivity contribution in [3.8, 4) is 0 Å². The molecule has 2 aromatic heterocycles. The molecule has 4 rings (SSSR count). The maximum absolute atomic E-state index is 12.4. The number of carbonyl (C=O) groups excluding carboxylic acids is 1. The fourth-order valence-electron chi connectivity index (χ4n) is 2.61. The Kier molecular flexibility index (Phi) is 3.59. The number of benzene rings is 2. The smallest absolute Gasteiger partial charge is 0.257 e. The number of fused-ring (bicyclic) bond motifs is 3. The van der Waals surface area contributed by atoms with E-state index in [0.29, 0.717) is 27.2 Å². The lowest BCUT2D eigenvalue weighted by molar-refractivity contribution is 0.102. The first-order valence-corrected chi connectivity index (χ1v) is 8.48. The van der Waals surface area contributed by atoms with Crippen LogP contribution in [0.25, 0.3) is 21.0 Å². The number of pyridine rings is 1. The minimum Gasteiger partial charge on any atom is -0.322 e. The summed E-state index contributed by atoms with van der Waals surface area (Å²) in [5.74, 6) is -0.244. The fourth-order valence-corrected chi connectivity index (χ4v) is 3.67. The Hall–Kier alpha value is -2.63. The van der Waals surface area contributed by atoms with Gasteiger partial charge in [-0.1, -0.05) is 17.7 Å². The summed E-state index contributed by atoms with van der Waals surface area (Å²) in [6.45, 7) is 0. The van der Waals surface area contributed by atoms with Crippen LogP contribution in [0.5, 0.6) is 0 Å². The lowest BCUT2D eigenvalue weighted by atomic mass is 10.1. The Morgan fingerprint density at radius 2 is 1.83 bits per heavy atom. The Bertz CT molecular complexity index is 1130. The average molecular weight is 355 g/mol. The Morgan fingerprint density at radius 1 is 1.04 bits per heavy atom. The highest BCUT2D eigenvalue weighted by atomic mass is 35.5. The van der Waals surface area contributed by atoms with Gasteiger partial charge in [0.25, 0.3) is 11.5 Å². The van der Waals surface area contributed by atoms with Gasteiger partial charge in [-0.3, -0.25) is 9.59 Å². The summed E-state index contributed by atoms with van der Waals surface area (Å²) in [7, 11) is 0. The lowest BCUT2D eigenvalue weighted by Crippen LogP contribution is -2.12. The molecule has 0 fully saturated rings. The van der Waals surface area contributed by atoms with Crippen LogP contribution >= 0.6 is 22.9 Å². The van der Waals surface area contributed by atoms with Crippen molar-refractivity contribution in [2.75, 3.05) is 5.32 Å². The van der Waals surface area contributed by atoms with Gasteiger partial charge in [0.1, 0.15) is 0 Å². The van der Waals surface area contributed by atoms with Crippen molar-refractivity contribution in [2.45, 2.75) is 0 Å². The predicted molar refractivity (Wildman–Crippen MR) is 99.4 cm³/mol. The van der Waals surface area contributed by atoms with Gasteiger partial charge in [-0.15, -0.1) is 11.3 Å². The van der Waals surface area contributed by atoms with Crippen LogP contribution in [0.3, 0.4) is 0 Å². The van der Waals surface area contributed by atoms with Crippen molar-refractivity contribution in [1.82, 2.24) is 4.98 Å². The maximum Gasteiger partial charge on any atom is 0.257 e. The van der Waals surface area contributed by atoms with E-state index in [1.54, 1.807) is 42.5 Å². The molecule has 4 aromatic rings. The van der Waals surface area contributed by atoms with E-state index in [4.69, 9.17) is 11.6 Å². The SMILES string of the molecule is O=C(Nc1ccc(Cl)cc1)c1ccc2c(c1)[nH]c(=O)c1ccsc12. The van der Waals surface area contributed by atoms with Crippen molar-refractivity contribution in [2.24, 2.45) is 0 Å². The Labute approximate surface area is 145 Å². The highest BCUT2D eigenvalue weighted by Gasteiger charge is 2.11. The van der Waals surface area contributed by atoms with Crippen LogP contribution in [0.1, 0.15) is 10.4 Å². The summed E-state index contributed by atoms with van der Waals surface area (Å²) >= 11 is 7.35. The van der Waals surface area contributed by atoms with Crippen LogP contribution in [0, 0.1) is 0 Å². The number of aromatic amines is 1. The average Bonchev–Trinajstić information content (AvgIpc) is 3.07. The van der Waals surface area contributed by atoms with Gasteiger partial charge < -0.3 is 10.3 Å². The molecule has 1 amide bonds. The second kappa shape index (κ2) is 5.78. The van der Waals surface area contributed by atoms with Crippen molar-refractivity contribution in [1.29, 1.82) is 0 Å². The molecule has 0 bridgehead atoms. The topological polar surface area (TPSA) is 62.0 Å². The molecule has 0 spiro atoms. The second-order valence-corrected chi connectivity index (χ2v) is 6.69. The molecule has 2 heterocycles. The number of anilines is 1. The van der Waals surface area contributed by atoms with E-state index in [-0.39, 0.29) is 11.5 Å². The van der Waals surface area contributed by atoms with E-state index in [1.165, 1.54) is 11.3 Å². The Morgan fingerprint density at radius 3 is 2.62 bits per heavy atom. The van der Waals surface area contributed by atoms with E-state index >= 15 is 0 Å². The van der Waals surface area contributed by atoms with Gasteiger partial charge in [0.05, 0.1) is 10.9 Å². The number of hydrogen-bond acceptors (Lipinski definition) is 3. The fraction of sp³-hybridized carbons (Fsp3) is 0. The number of amides is 1. The quantitative estimate of drug-likeness (QED) is 0.550. The number of rotatable bonds is 2. The maximum atomic E-state index is 12.4. The van der Waals surface area contributed by atoms with E-state index < -0.39 is 0 Å². The van der Waals surface area contributed by atoms with Crippen molar-refractivity contribution >= 4 is 55.5 Å². The van der Waals surface area contributed by atoms with Crippen LogP contribution in [0.15, 0.2) is 58.7 Å². The van der Waals surface area contributed by atoms with Gasteiger partial charge in [-0.2, -0.15) is 0 Å². The minimum absolute atomic E-state index is 0.144. The van der Waals surface area contributed by atoms with Crippen LogP contribution < -0.4 is 10.9 Å². The van der Waals surface area contributed by atoms with E-state index in [0.717, 1.165) is 10.1 Å². The monoisotopic (exact) mass is 354 g/mol. The van der Waals surface area contributed by atoms with Crippen molar-refractivity contribution in [3.05, 3.63) is 74.9 Å². The molecule has 24 heavy (non-hydrogen) atoms. The van der Waals surface area contributed by atoms with Crippen LogP contribution in [0.2, 0.25) is 5.02 Å². The molecule has 0 saturated carbocycles. The molecule has 2 N–H and O–H groups in total. The molecular weight excluding hydrogens is 344 g/mol. The first-order valence-electron chi connectivity index (χ1n) is 7.22. The van der Waals surface area contributed by atoms with Gasteiger partial charge in [-0.05, 0) is 47.8 Å². The summed E-state index contributed by atoms with van der Waals surface area (Å²) < 4.78 is 0.929. The number of aromatic nitrogens is 1. The zero-order valence-corrected chi connectivity index (χ0v) is 13.9. The van der Waals surface area contributed by atoms with E-state index in [2.05, 4.69) is 10.3 Å². The number of H-pyrrole nitrogens is 1. The molecule has 0 aliphatic carbocycles. The number of halogens is 1. The van der Waals surface area contributed by atoms with Gasteiger partial charge in [0.15, 0.2) is 0 Å². The van der Waals surface area contributed by atoms with Crippen molar-refractivity contribution in [3.63, 3.8) is 0 Å². The number of thiophene rings is 1. The highest BCUT2D eigenvalue weighted by Crippen LogP contribution is 2.26. The molecule has 2 aromatic carbocycles. The van der Waals surface area contributed by atoms with Gasteiger partial charge in [0, 0.05) is 26.4 Å². The third kappa shape index (κ3) is 2.58. The number of hydrogen-bond donors (Lipinski definition) is 2. The molecule has 0 aliphatic rings. The summed E-state index contributed by atoms with van der Waals surface area (Å²) in [5, 5.41) is 6.91. The van der Waals surface area contributed by atoms with Crippen LogP contribution in [-0.4, -0.2) is 10.9 Å². The Balaban J connectivity index is 1.74. The molecule has 4 nitrogen and oxygen atoms in total. The van der Waals surface area contributed by atoms with Gasteiger partial charge >= 0.3 is 0 Å². The highest BCUT2D eigenvalue weighted by molar-refractivity contribution is 7.18. The molecule has 118 valence electrons. The first kappa shape index (κ1) is 14.9. The van der Waals surface area contributed by atoms with Crippen molar-refractivity contribution < 1.29 is 4.79 Å². The van der Waals surface area contributed by atoms with Crippen LogP contribution in [0.4, 0.5) is 5.69 Å². The largest absolute Gasteiger partial charge is 0.322 e. The zero-order chi connectivity index (χ0) is 16.7. The normalized spacial score (nSPS) is 11.0. The third-order valence-electron chi connectivity index (χ3n) is 3.79. The molecule has 0 atom stereocenters. The van der Waals surface area contributed by atoms with Gasteiger partial charge in [0.2, 0.25) is 0 Å². The summed E-state index contributed by atoms with van der Waals surface area (Å²) in [6.07, 6.45) is 0. The van der Waals surface area contributed by atoms with E-state index in [1.807, 2.05) is 11.4 Å². The summed E-state index contributed by atoms with van der Waals surface area (Å²) in [6, 6.07) is 14.0. The number of nitrogens with one attached hydrogen (secondary N) is 2. The van der Waals surface area contributed by atoms with Crippen LogP contribution in [-0.2, 0) is 0 Å². The molecule has 0 saturated heterocycles. The lowest BCUT2D eigenvalue weighted by Gasteiger charge is -2.07. The molecule has 0 unspecified atom stereocenters. The first-order chi connectivity index (χ1) is 11.6. The molecule has 6 heteroatoms. The summed E-state index contributed by atoms with van der Waals surface area (Å²) in [5.41, 5.74) is 1.64. The van der Waals surface area contributed by atoms with Gasteiger partial charge in [-0.25, -0.2) is 0 Å². The van der Waals surface area contributed by atoms with E-state index in [9.17, 15) is 9.59 Å². The second-order valence-electron chi connectivity index (χ2n) is 5.34. The summed E-state index contributed by atoms with van der Waals surface area (Å²) in [4.78, 5) is 27.3. The molecular formula is C18H11ClN2O2S. The minimum atomic E-state index is -0.244. The molecule has 0 aliphatic heterocycles. The molecule has 0 radical (unpaired) electrons. The zero-order valence-electron chi connectivity index (χ0n) is 12.3. The standard InChI is InChI=1S/C18H11ClN2O2S/c19-11-2-4-12(5-3-11)20-17(22)10-1-6-13-15(9-10)21-18(23)14-7-8-24-16(13)14/h1-9H,(H,20,22)(H,21,23).